The molecule has 2 aromatic rings. The van der Waals surface area contributed by atoms with Crippen LogP contribution in [0.1, 0.15) is 32.3 Å². The van der Waals surface area contributed by atoms with Crippen LogP contribution in [-0.2, 0) is 16.1 Å². The van der Waals surface area contributed by atoms with Gasteiger partial charge in [0.05, 0.1) is 5.41 Å². The maximum Gasteiger partial charge on any atom is 0.311 e. The zero-order chi connectivity index (χ0) is 20.5. The molecule has 1 N–H and O–H groups in total. The molecular weight excluding hydrogens is 366 g/mol. The first-order valence-electron chi connectivity index (χ1n) is 10.1. The minimum absolute atomic E-state index is 0.176. The van der Waals surface area contributed by atoms with Crippen LogP contribution in [0.4, 0.5) is 0 Å². The van der Waals surface area contributed by atoms with Gasteiger partial charge < -0.3 is 14.7 Å². The Morgan fingerprint density at radius 3 is 2.55 bits per heavy atom. The second-order valence-corrected chi connectivity index (χ2v) is 8.71. The number of oxime groups is 1. The number of benzene rings is 2. The topological polar surface area (TPSA) is 68.1 Å². The average molecular weight is 393 g/mol. The van der Waals surface area contributed by atoms with Gasteiger partial charge in [0.25, 0.3) is 0 Å². The Bertz CT molecular complexity index is 904. The molecule has 0 spiro atoms. The van der Waals surface area contributed by atoms with Crippen LogP contribution in [0.25, 0.3) is 0 Å². The molecule has 0 aliphatic heterocycles. The van der Waals surface area contributed by atoms with Gasteiger partial charge in [-0.1, -0.05) is 49.3 Å². The smallest absolute Gasteiger partial charge is 0.311 e. The number of ether oxygens (including phenoxy) is 1. The third-order valence-electron chi connectivity index (χ3n) is 6.41. The monoisotopic (exact) mass is 393 g/mol. The highest BCUT2D eigenvalue weighted by Gasteiger charge is 2.75. The Morgan fingerprint density at radius 2 is 1.86 bits per heavy atom. The molecule has 0 bridgehead atoms. The van der Waals surface area contributed by atoms with Gasteiger partial charge in [0, 0.05) is 12.1 Å². The lowest BCUT2D eigenvalue weighted by molar-refractivity contribution is -0.145. The van der Waals surface area contributed by atoms with Gasteiger partial charge in [0.1, 0.15) is 18.1 Å². The van der Waals surface area contributed by atoms with E-state index in [1.807, 2.05) is 68.4 Å². The first-order chi connectivity index (χ1) is 13.9. The molecule has 0 radical (unpaired) electrons. The number of carboxylic acids is 1. The Morgan fingerprint density at radius 1 is 1.14 bits per heavy atom. The second kappa shape index (κ2) is 7.54. The van der Waals surface area contributed by atoms with Crippen molar-refractivity contribution in [3.05, 3.63) is 60.2 Å². The van der Waals surface area contributed by atoms with Crippen LogP contribution in [0.3, 0.4) is 0 Å². The SMILES string of the molecule is CC1(C)C(C=NOCC2CC2)C1(Cc1cccc(Oc2ccccc2)c1)C(=O)O. The summed E-state index contributed by atoms with van der Waals surface area (Å²) in [5.74, 6) is 1.10. The van der Waals surface area contributed by atoms with Crippen LogP contribution in [-0.4, -0.2) is 23.9 Å². The normalized spacial score (nSPS) is 25.0. The molecule has 5 heteroatoms. The maximum absolute atomic E-state index is 12.3. The van der Waals surface area contributed by atoms with Crippen molar-refractivity contribution in [3.8, 4) is 11.5 Å². The average Bonchev–Trinajstić information content (AvgIpc) is 3.58. The summed E-state index contributed by atoms with van der Waals surface area (Å²) >= 11 is 0. The Labute approximate surface area is 171 Å². The number of para-hydroxylation sites is 1. The largest absolute Gasteiger partial charge is 0.481 e. The summed E-state index contributed by atoms with van der Waals surface area (Å²) in [6.07, 6.45) is 4.51. The third-order valence-corrected chi connectivity index (χ3v) is 6.41. The fourth-order valence-electron chi connectivity index (χ4n) is 4.23. The van der Waals surface area contributed by atoms with Gasteiger partial charge in [-0.15, -0.1) is 0 Å². The molecule has 0 saturated heterocycles. The summed E-state index contributed by atoms with van der Waals surface area (Å²) < 4.78 is 5.91. The predicted octanol–water partition coefficient (Wildman–Crippen LogP) is 5.16. The van der Waals surface area contributed by atoms with E-state index in [4.69, 9.17) is 9.57 Å². The number of rotatable bonds is 9. The molecule has 0 amide bonds. The number of nitrogens with zero attached hydrogens (tertiary/aromatic N) is 1. The molecule has 152 valence electrons. The van der Waals surface area contributed by atoms with Crippen LogP contribution in [0.15, 0.2) is 59.8 Å². The standard InChI is InChI=1S/C24H27NO4/c1-23(2)21(15-25-28-16-17-11-12-17)24(23,22(26)27)14-18-7-6-10-20(13-18)29-19-8-4-3-5-9-19/h3-10,13,15,17,21H,11-12,14,16H2,1-2H3,(H,26,27). The van der Waals surface area contributed by atoms with E-state index >= 15 is 0 Å². The molecule has 0 aromatic heterocycles. The van der Waals surface area contributed by atoms with E-state index in [1.165, 1.54) is 12.8 Å². The Kier molecular flexibility index (Phi) is 5.07. The summed E-state index contributed by atoms with van der Waals surface area (Å²) in [6, 6.07) is 17.2. The molecule has 5 nitrogen and oxygen atoms in total. The van der Waals surface area contributed by atoms with E-state index in [1.54, 1.807) is 6.21 Å². The van der Waals surface area contributed by atoms with Gasteiger partial charge in [-0.3, -0.25) is 4.79 Å². The zero-order valence-electron chi connectivity index (χ0n) is 16.9. The van der Waals surface area contributed by atoms with E-state index < -0.39 is 16.8 Å². The molecule has 2 saturated carbocycles. The van der Waals surface area contributed by atoms with Crippen molar-refractivity contribution in [3.63, 3.8) is 0 Å². The van der Waals surface area contributed by atoms with Crippen LogP contribution in [0, 0.1) is 22.7 Å². The molecule has 4 rings (SSSR count). The zero-order valence-corrected chi connectivity index (χ0v) is 16.9. The van der Waals surface area contributed by atoms with Crippen molar-refractivity contribution in [1.29, 1.82) is 0 Å². The van der Waals surface area contributed by atoms with Gasteiger partial charge in [-0.2, -0.15) is 0 Å². The lowest BCUT2D eigenvalue weighted by Crippen LogP contribution is -2.24. The highest BCUT2D eigenvalue weighted by molar-refractivity contribution is 5.89. The fourth-order valence-corrected chi connectivity index (χ4v) is 4.23. The van der Waals surface area contributed by atoms with E-state index in [0.717, 1.165) is 11.3 Å². The quantitative estimate of drug-likeness (QED) is 0.472. The Hall–Kier alpha value is -2.82. The van der Waals surface area contributed by atoms with Crippen LogP contribution >= 0.6 is 0 Å². The number of carbonyl (C=O) groups is 1. The van der Waals surface area contributed by atoms with Crippen molar-refractivity contribution >= 4 is 12.2 Å². The first kappa shape index (κ1) is 19.5. The van der Waals surface area contributed by atoms with Crippen LogP contribution < -0.4 is 4.74 Å². The van der Waals surface area contributed by atoms with Gasteiger partial charge in [-0.05, 0) is 60.4 Å². The number of hydrogen-bond acceptors (Lipinski definition) is 4. The van der Waals surface area contributed by atoms with Crippen molar-refractivity contribution in [2.24, 2.45) is 27.8 Å². The molecular formula is C24H27NO4. The summed E-state index contributed by atoms with van der Waals surface area (Å²) in [5, 5.41) is 14.2. The summed E-state index contributed by atoms with van der Waals surface area (Å²) in [6.45, 7) is 4.61. The second-order valence-electron chi connectivity index (χ2n) is 8.71. The lowest BCUT2D eigenvalue weighted by atomic mass is 9.88. The molecule has 2 fully saturated rings. The van der Waals surface area contributed by atoms with E-state index in [0.29, 0.717) is 24.7 Å². The minimum atomic E-state index is -0.898. The van der Waals surface area contributed by atoms with Crippen molar-refractivity contribution in [2.45, 2.75) is 33.1 Å². The van der Waals surface area contributed by atoms with Crippen molar-refractivity contribution in [2.75, 3.05) is 6.61 Å². The minimum Gasteiger partial charge on any atom is -0.481 e. The van der Waals surface area contributed by atoms with E-state index in [-0.39, 0.29) is 5.92 Å². The lowest BCUT2D eigenvalue weighted by Gasteiger charge is -2.16. The fraction of sp³-hybridized carbons (Fsp3) is 0.417. The summed E-state index contributed by atoms with van der Waals surface area (Å²) in [7, 11) is 0. The van der Waals surface area contributed by atoms with Gasteiger partial charge in [0.2, 0.25) is 0 Å². The van der Waals surface area contributed by atoms with Gasteiger partial charge in [-0.25, -0.2) is 0 Å². The van der Waals surface area contributed by atoms with Crippen LogP contribution in [0.5, 0.6) is 11.5 Å². The molecule has 2 atom stereocenters. The predicted molar refractivity (Wildman–Crippen MR) is 111 cm³/mol. The van der Waals surface area contributed by atoms with E-state index in [2.05, 4.69) is 5.16 Å². The highest BCUT2D eigenvalue weighted by Crippen LogP contribution is 2.69. The molecule has 2 aromatic carbocycles. The summed E-state index contributed by atoms with van der Waals surface area (Å²) in [5.41, 5.74) is -0.365. The van der Waals surface area contributed by atoms with Crippen molar-refractivity contribution < 1.29 is 19.5 Å². The van der Waals surface area contributed by atoms with Gasteiger partial charge >= 0.3 is 5.97 Å². The maximum atomic E-state index is 12.3. The third kappa shape index (κ3) is 3.86. The number of carboxylic acid groups (broad SMARTS) is 1. The molecule has 2 aliphatic carbocycles. The number of hydrogen-bond donors (Lipinski definition) is 1. The molecule has 29 heavy (non-hydrogen) atoms. The molecule has 2 aliphatic rings. The number of aliphatic carboxylic acids is 1. The summed E-state index contributed by atoms with van der Waals surface area (Å²) in [4.78, 5) is 17.7. The van der Waals surface area contributed by atoms with Crippen LogP contribution in [0.2, 0.25) is 0 Å². The Balaban J connectivity index is 1.49. The van der Waals surface area contributed by atoms with E-state index in [9.17, 15) is 9.90 Å². The molecule has 2 unspecified atom stereocenters. The first-order valence-corrected chi connectivity index (χ1v) is 10.1. The van der Waals surface area contributed by atoms with Gasteiger partial charge in [0.15, 0.2) is 0 Å². The highest BCUT2D eigenvalue weighted by atomic mass is 16.6. The molecule has 0 heterocycles. The van der Waals surface area contributed by atoms with Crippen molar-refractivity contribution in [1.82, 2.24) is 0 Å².